The topological polar surface area (TPSA) is 29.9 Å². The third kappa shape index (κ3) is 3.10. The van der Waals surface area contributed by atoms with Crippen LogP contribution in [0.4, 0.5) is 4.39 Å². The van der Waals surface area contributed by atoms with Gasteiger partial charge in [-0.25, -0.2) is 9.37 Å². The Hall–Kier alpha value is -1.20. The molecular formula is C15H19BrFN3. The molecule has 0 bridgehead atoms. The van der Waals surface area contributed by atoms with Gasteiger partial charge < -0.3 is 9.88 Å². The average molecular weight is 340 g/mol. The Bertz CT molecular complexity index is 568. The van der Waals surface area contributed by atoms with Crippen molar-refractivity contribution in [3.05, 3.63) is 52.3 Å². The summed E-state index contributed by atoms with van der Waals surface area (Å²) >= 11 is 3.35. The van der Waals surface area contributed by atoms with Crippen LogP contribution in [0.2, 0.25) is 0 Å². The molecule has 1 heterocycles. The second-order valence-electron chi connectivity index (χ2n) is 4.60. The van der Waals surface area contributed by atoms with Crippen molar-refractivity contribution in [3.63, 3.8) is 0 Å². The molecular weight excluding hydrogens is 321 g/mol. The van der Waals surface area contributed by atoms with E-state index in [2.05, 4.69) is 44.6 Å². The van der Waals surface area contributed by atoms with Gasteiger partial charge in [-0.3, -0.25) is 0 Å². The Kier molecular flexibility index (Phi) is 5.31. The van der Waals surface area contributed by atoms with E-state index in [1.807, 2.05) is 12.3 Å². The monoisotopic (exact) mass is 339 g/mol. The largest absolute Gasteiger partial charge is 0.334 e. The standard InChI is InChI=1S/C15H19BrFN3/c1-3-8-18-14(15-19-9-10-20(15)4-2)11-6-5-7-12(17)13(11)16/h5-7,9-10,14,18H,3-4,8H2,1-2H3. The van der Waals surface area contributed by atoms with Crippen molar-refractivity contribution >= 4 is 15.9 Å². The second-order valence-corrected chi connectivity index (χ2v) is 5.39. The van der Waals surface area contributed by atoms with Crippen LogP contribution in [-0.4, -0.2) is 16.1 Å². The lowest BCUT2D eigenvalue weighted by Crippen LogP contribution is -2.26. The number of hydrogen-bond donors (Lipinski definition) is 1. The third-order valence-corrected chi connectivity index (χ3v) is 4.07. The summed E-state index contributed by atoms with van der Waals surface area (Å²) in [6.45, 7) is 5.87. The van der Waals surface area contributed by atoms with E-state index in [9.17, 15) is 4.39 Å². The maximum Gasteiger partial charge on any atom is 0.137 e. The maximum atomic E-state index is 13.8. The summed E-state index contributed by atoms with van der Waals surface area (Å²) in [5.74, 6) is 0.660. The zero-order chi connectivity index (χ0) is 14.5. The summed E-state index contributed by atoms with van der Waals surface area (Å²) in [4.78, 5) is 4.44. The SMILES string of the molecule is CCCNC(c1cccc(F)c1Br)c1nccn1CC. The first-order chi connectivity index (χ1) is 9.69. The summed E-state index contributed by atoms with van der Waals surface area (Å²) in [5, 5.41) is 3.45. The smallest absolute Gasteiger partial charge is 0.137 e. The quantitative estimate of drug-likeness (QED) is 0.865. The fourth-order valence-electron chi connectivity index (χ4n) is 2.22. The van der Waals surface area contributed by atoms with Gasteiger partial charge in [-0.05, 0) is 47.4 Å². The number of aryl methyl sites for hydroxylation is 1. The molecule has 0 aliphatic heterocycles. The zero-order valence-electron chi connectivity index (χ0n) is 11.7. The van der Waals surface area contributed by atoms with E-state index in [0.717, 1.165) is 30.9 Å². The predicted molar refractivity (Wildman–Crippen MR) is 82.1 cm³/mol. The van der Waals surface area contributed by atoms with E-state index < -0.39 is 0 Å². The summed E-state index contributed by atoms with van der Waals surface area (Å²) in [7, 11) is 0. The Balaban J connectivity index is 2.44. The molecule has 1 N–H and O–H groups in total. The molecule has 1 atom stereocenters. The highest BCUT2D eigenvalue weighted by atomic mass is 79.9. The number of nitrogens with one attached hydrogen (secondary N) is 1. The number of imidazole rings is 1. The van der Waals surface area contributed by atoms with Crippen LogP contribution >= 0.6 is 15.9 Å². The number of halogens is 2. The van der Waals surface area contributed by atoms with Crippen LogP contribution in [-0.2, 0) is 6.54 Å². The first-order valence-electron chi connectivity index (χ1n) is 6.87. The fraction of sp³-hybridized carbons (Fsp3) is 0.400. The lowest BCUT2D eigenvalue weighted by molar-refractivity contribution is 0.534. The van der Waals surface area contributed by atoms with Crippen LogP contribution in [0.25, 0.3) is 0 Å². The van der Waals surface area contributed by atoms with E-state index in [1.54, 1.807) is 12.3 Å². The van der Waals surface area contributed by atoms with E-state index in [1.165, 1.54) is 6.07 Å². The highest BCUT2D eigenvalue weighted by Gasteiger charge is 2.21. The maximum absolute atomic E-state index is 13.8. The fourth-order valence-corrected chi connectivity index (χ4v) is 2.71. The van der Waals surface area contributed by atoms with Gasteiger partial charge >= 0.3 is 0 Å². The Morgan fingerprint density at radius 2 is 2.20 bits per heavy atom. The van der Waals surface area contributed by atoms with Gasteiger partial charge in [0.1, 0.15) is 11.6 Å². The van der Waals surface area contributed by atoms with E-state index in [-0.39, 0.29) is 11.9 Å². The van der Waals surface area contributed by atoms with Crippen LogP contribution < -0.4 is 5.32 Å². The molecule has 5 heteroatoms. The molecule has 0 saturated carbocycles. The highest BCUT2D eigenvalue weighted by molar-refractivity contribution is 9.10. The van der Waals surface area contributed by atoms with Crippen molar-refractivity contribution in [3.8, 4) is 0 Å². The van der Waals surface area contributed by atoms with Gasteiger partial charge in [0.25, 0.3) is 0 Å². The second kappa shape index (κ2) is 6.99. The molecule has 1 aromatic carbocycles. The average Bonchev–Trinajstić information content (AvgIpc) is 2.92. The molecule has 1 unspecified atom stereocenters. The first kappa shape index (κ1) is 15.2. The molecule has 2 aromatic rings. The first-order valence-corrected chi connectivity index (χ1v) is 7.66. The Morgan fingerprint density at radius 1 is 1.40 bits per heavy atom. The molecule has 0 fully saturated rings. The molecule has 20 heavy (non-hydrogen) atoms. The highest BCUT2D eigenvalue weighted by Crippen LogP contribution is 2.29. The minimum Gasteiger partial charge on any atom is -0.334 e. The van der Waals surface area contributed by atoms with Crippen molar-refractivity contribution in [2.45, 2.75) is 32.9 Å². The summed E-state index contributed by atoms with van der Waals surface area (Å²) in [6.07, 6.45) is 4.74. The van der Waals surface area contributed by atoms with Gasteiger partial charge in [-0.1, -0.05) is 19.1 Å². The molecule has 0 spiro atoms. The molecule has 3 nitrogen and oxygen atoms in total. The summed E-state index contributed by atoms with van der Waals surface area (Å²) < 4.78 is 16.4. The predicted octanol–water partition coefficient (Wildman–Crippen LogP) is 3.89. The van der Waals surface area contributed by atoms with Crippen LogP contribution in [0.3, 0.4) is 0 Å². The van der Waals surface area contributed by atoms with Crippen molar-refractivity contribution in [1.82, 2.24) is 14.9 Å². The Morgan fingerprint density at radius 3 is 2.90 bits per heavy atom. The van der Waals surface area contributed by atoms with Crippen molar-refractivity contribution in [2.75, 3.05) is 6.54 Å². The lowest BCUT2D eigenvalue weighted by Gasteiger charge is -2.21. The number of benzene rings is 1. The number of nitrogens with zero attached hydrogens (tertiary/aromatic N) is 2. The van der Waals surface area contributed by atoms with Gasteiger partial charge in [-0.15, -0.1) is 0 Å². The number of hydrogen-bond acceptors (Lipinski definition) is 2. The normalized spacial score (nSPS) is 12.6. The zero-order valence-corrected chi connectivity index (χ0v) is 13.3. The molecule has 2 rings (SSSR count). The van der Waals surface area contributed by atoms with E-state index >= 15 is 0 Å². The van der Waals surface area contributed by atoms with Gasteiger partial charge in [0.2, 0.25) is 0 Å². The molecule has 108 valence electrons. The van der Waals surface area contributed by atoms with Gasteiger partial charge in [-0.2, -0.15) is 0 Å². The molecule has 0 aliphatic carbocycles. The van der Waals surface area contributed by atoms with Crippen LogP contribution in [0.1, 0.15) is 37.7 Å². The molecule has 0 saturated heterocycles. The van der Waals surface area contributed by atoms with Crippen LogP contribution in [0.15, 0.2) is 35.1 Å². The van der Waals surface area contributed by atoms with Gasteiger partial charge in [0.05, 0.1) is 10.5 Å². The van der Waals surface area contributed by atoms with Crippen molar-refractivity contribution in [2.24, 2.45) is 0 Å². The summed E-state index contributed by atoms with van der Waals surface area (Å²) in [5.41, 5.74) is 0.874. The van der Waals surface area contributed by atoms with Gasteiger partial charge in [0, 0.05) is 18.9 Å². The van der Waals surface area contributed by atoms with Crippen molar-refractivity contribution in [1.29, 1.82) is 0 Å². The van der Waals surface area contributed by atoms with Crippen LogP contribution in [0, 0.1) is 5.82 Å². The van der Waals surface area contributed by atoms with Gasteiger partial charge in [0.15, 0.2) is 0 Å². The third-order valence-electron chi connectivity index (χ3n) is 3.24. The molecule has 0 aliphatic rings. The van der Waals surface area contributed by atoms with Crippen molar-refractivity contribution < 1.29 is 4.39 Å². The van der Waals surface area contributed by atoms with E-state index in [4.69, 9.17) is 0 Å². The molecule has 0 amide bonds. The lowest BCUT2D eigenvalue weighted by atomic mass is 10.1. The van der Waals surface area contributed by atoms with Crippen LogP contribution in [0.5, 0.6) is 0 Å². The molecule has 1 aromatic heterocycles. The summed E-state index contributed by atoms with van der Waals surface area (Å²) in [6, 6.07) is 5.00. The minimum atomic E-state index is -0.250. The number of rotatable bonds is 6. The Labute approximate surface area is 127 Å². The minimum absolute atomic E-state index is 0.116. The van der Waals surface area contributed by atoms with E-state index in [0.29, 0.717) is 4.47 Å². The number of aromatic nitrogens is 2. The molecule has 0 radical (unpaired) electrons.